The highest BCUT2D eigenvalue weighted by molar-refractivity contribution is 5.34. The first-order chi connectivity index (χ1) is 17.8. The number of fused-ring (bicyclic) bond motifs is 11. The van der Waals surface area contributed by atoms with Gasteiger partial charge in [-0.2, -0.15) is 0 Å². The zero-order valence-corrected chi connectivity index (χ0v) is 21.9. The third-order valence-electron chi connectivity index (χ3n) is 12.6. The maximum Gasteiger partial charge on any atom is 0.0255 e. The third-order valence-corrected chi connectivity index (χ3v) is 12.6. The Hall–Kier alpha value is -1.60. The first-order valence-corrected chi connectivity index (χ1v) is 15.6. The molecule has 0 radical (unpaired) electrons. The Morgan fingerprint density at radius 3 is 2.44 bits per heavy atom. The fourth-order valence-electron chi connectivity index (χ4n) is 11.5. The van der Waals surface area contributed by atoms with E-state index in [1.807, 2.05) is 0 Å². The van der Waals surface area contributed by atoms with E-state index in [9.17, 15) is 0 Å². The van der Waals surface area contributed by atoms with E-state index in [0.29, 0.717) is 17.5 Å². The fraction of sp³-hybridized carbons (Fsp3) is 0.657. The molecule has 1 spiro atoms. The van der Waals surface area contributed by atoms with Gasteiger partial charge in [0.25, 0.3) is 0 Å². The van der Waals surface area contributed by atoms with Gasteiger partial charge in [0.05, 0.1) is 0 Å². The molecule has 0 aromatic carbocycles. The molecule has 190 valence electrons. The van der Waals surface area contributed by atoms with Crippen LogP contribution in [0.2, 0.25) is 0 Å². The van der Waals surface area contributed by atoms with Gasteiger partial charge in [0.15, 0.2) is 0 Å². The average molecular weight is 480 g/mol. The third kappa shape index (κ3) is 3.17. The highest BCUT2D eigenvalue weighted by Crippen LogP contribution is 2.74. The summed E-state index contributed by atoms with van der Waals surface area (Å²) in [4.78, 5) is 0. The van der Waals surface area contributed by atoms with Gasteiger partial charge in [0.1, 0.15) is 0 Å². The monoisotopic (exact) mass is 479 g/mol. The van der Waals surface area contributed by atoms with E-state index in [-0.39, 0.29) is 0 Å². The molecule has 13 atom stereocenters. The normalized spacial score (nSPS) is 53.7. The second-order valence-corrected chi connectivity index (χ2v) is 13.8. The summed E-state index contributed by atoms with van der Waals surface area (Å²) in [6.45, 7) is 0. The van der Waals surface area contributed by atoms with Crippen LogP contribution in [0.5, 0.6) is 0 Å². The standard InChI is InChI=1S/C35H45N/c1-2-10-24-21-25(18-17-23(24)9-1)36-26-19-20-30-29-13-5-8-16-33(29)35(34(30)22-26)31-14-6-3-11-27(31)28-12-4-7-15-32(28)35/h2-4,6,8,10-12,14,16,19-20,23-34,36H,1,5,7,9,13,15,17-18,21-22H2. The number of nitrogens with one attached hydrogen (secondary N) is 1. The number of hydrogen-bond acceptors (Lipinski definition) is 1. The minimum atomic E-state index is 0.446. The van der Waals surface area contributed by atoms with Gasteiger partial charge in [0, 0.05) is 12.1 Å². The lowest BCUT2D eigenvalue weighted by atomic mass is 9.55. The van der Waals surface area contributed by atoms with E-state index >= 15 is 0 Å². The summed E-state index contributed by atoms with van der Waals surface area (Å²) in [6.07, 6.45) is 44.7. The Bertz CT molecular complexity index is 1040. The van der Waals surface area contributed by atoms with Gasteiger partial charge in [-0.3, -0.25) is 0 Å². The van der Waals surface area contributed by atoms with Crippen LogP contribution in [0.4, 0.5) is 0 Å². The molecule has 8 aliphatic carbocycles. The molecule has 0 amide bonds. The Labute approximate surface area is 219 Å². The molecule has 0 aliphatic heterocycles. The molecular weight excluding hydrogens is 434 g/mol. The lowest BCUT2D eigenvalue weighted by molar-refractivity contribution is 0.0249. The Kier molecular flexibility index (Phi) is 5.43. The van der Waals surface area contributed by atoms with Crippen LogP contribution in [0, 0.1) is 64.6 Å². The first-order valence-electron chi connectivity index (χ1n) is 15.6. The second kappa shape index (κ2) is 8.72. The maximum absolute atomic E-state index is 4.25. The van der Waals surface area contributed by atoms with Crippen LogP contribution in [0.25, 0.3) is 0 Å². The van der Waals surface area contributed by atoms with Crippen LogP contribution in [0.1, 0.15) is 64.2 Å². The van der Waals surface area contributed by atoms with Crippen molar-refractivity contribution in [2.75, 3.05) is 0 Å². The molecule has 3 saturated carbocycles. The summed E-state index contributed by atoms with van der Waals surface area (Å²) in [5.74, 6) is 8.11. The van der Waals surface area contributed by atoms with Gasteiger partial charge in [-0.1, -0.05) is 72.9 Å². The van der Waals surface area contributed by atoms with Crippen LogP contribution in [0.3, 0.4) is 0 Å². The van der Waals surface area contributed by atoms with Crippen LogP contribution >= 0.6 is 0 Å². The van der Waals surface area contributed by atoms with Crippen molar-refractivity contribution in [1.29, 1.82) is 0 Å². The van der Waals surface area contributed by atoms with Crippen molar-refractivity contribution in [3.05, 3.63) is 72.9 Å². The predicted octanol–water partition coefficient (Wildman–Crippen LogP) is 7.81. The van der Waals surface area contributed by atoms with Crippen LogP contribution in [-0.2, 0) is 0 Å². The summed E-state index contributed by atoms with van der Waals surface area (Å²) >= 11 is 0. The average Bonchev–Trinajstić information content (AvgIpc) is 3.40. The topological polar surface area (TPSA) is 12.0 Å². The van der Waals surface area contributed by atoms with Crippen LogP contribution in [0.15, 0.2) is 72.9 Å². The molecule has 1 heteroatoms. The lowest BCUT2D eigenvalue weighted by Crippen LogP contribution is -2.49. The number of rotatable bonds is 2. The summed E-state index contributed by atoms with van der Waals surface area (Å²) in [5.41, 5.74) is 0.446. The van der Waals surface area contributed by atoms with Gasteiger partial charge in [0.2, 0.25) is 0 Å². The van der Waals surface area contributed by atoms with E-state index in [4.69, 9.17) is 0 Å². The Balaban J connectivity index is 1.13. The minimum absolute atomic E-state index is 0.446. The van der Waals surface area contributed by atoms with Gasteiger partial charge in [-0.25, -0.2) is 0 Å². The zero-order valence-electron chi connectivity index (χ0n) is 21.9. The van der Waals surface area contributed by atoms with Crippen molar-refractivity contribution >= 4 is 0 Å². The van der Waals surface area contributed by atoms with Crippen molar-refractivity contribution in [3.8, 4) is 0 Å². The molecule has 0 aromatic rings. The molecule has 0 bridgehead atoms. The lowest BCUT2D eigenvalue weighted by Gasteiger charge is -2.49. The van der Waals surface area contributed by atoms with Crippen molar-refractivity contribution in [1.82, 2.24) is 5.32 Å². The van der Waals surface area contributed by atoms with E-state index in [0.717, 1.165) is 59.2 Å². The van der Waals surface area contributed by atoms with Crippen LogP contribution in [-0.4, -0.2) is 12.1 Å². The van der Waals surface area contributed by atoms with Gasteiger partial charge < -0.3 is 5.32 Å². The molecule has 0 aromatic heterocycles. The summed E-state index contributed by atoms with van der Waals surface area (Å²) in [5, 5.41) is 4.25. The molecule has 0 heterocycles. The van der Waals surface area contributed by atoms with Crippen molar-refractivity contribution in [2.45, 2.75) is 76.3 Å². The summed E-state index contributed by atoms with van der Waals surface area (Å²) in [7, 11) is 0. The smallest absolute Gasteiger partial charge is 0.0255 e. The van der Waals surface area contributed by atoms with Gasteiger partial charge >= 0.3 is 0 Å². The Morgan fingerprint density at radius 2 is 1.44 bits per heavy atom. The van der Waals surface area contributed by atoms with E-state index < -0.39 is 0 Å². The SMILES string of the molecule is C1=CC2C3C=CCCC3C3(C2C=C1)C1C=CCCC1C1C=CC(NC2CCC4CCC=CC4C2)CC13. The number of hydrogen-bond donors (Lipinski definition) is 1. The van der Waals surface area contributed by atoms with E-state index in [1.54, 1.807) is 0 Å². The highest BCUT2D eigenvalue weighted by Gasteiger charge is 2.70. The summed E-state index contributed by atoms with van der Waals surface area (Å²) < 4.78 is 0. The molecule has 1 nitrogen and oxygen atoms in total. The zero-order chi connectivity index (χ0) is 23.7. The van der Waals surface area contributed by atoms with Gasteiger partial charge in [-0.15, -0.1) is 0 Å². The van der Waals surface area contributed by atoms with Crippen molar-refractivity contribution < 1.29 is 0 Å². The minimum Gasteiger partial charge on any atom is -0.308 e. The van der Waals surface area contributed by atoms with Crippen LogP contribution < -0.4 is 5.32 Å². The summed E-state index contributed by atoms with van der Waals surface area (Å²) in [6, 6.07) is 1.28. The van der Waals surface area contributed by atoms with E-state index in [1.165, 1.54) is 64.2 Å². The fourth-order valence-corrected chi connectivity index (χ4v) is 11.5. The molecule has 1 N–H and O–H groups in total. The Morgan fingerprint density at radius 1 is 0.583 bits per heavy atom. The van der Waals surface area contributed by atoms with Gasteiger partial charge in [-0.05, 0) is 129 Å². The molecule has 36 heavy (non-hydrogen) atoms. The number of allylic oxidation sites excluding steroid dienone is 11. The largest absolute Gasteiger partial charge is 0.308 e. The maximum atomic E-state index is 4.25. The molecule has 0 saturated heterocycles. The quantitative estimate of drug-likeness (QED) is 0.398. The molecule has 13 unspecified atom stereocenters. The first kappa shape index (κ1) is 22.4. The molecular formula is C35H45N. The van der Waals surface area contributed by atoms with Crippen molar-refractivity contribution in [3.63, 3.8) is 0 Å². The predicted molar refractivity (Wildman–Crippen MR) is 149 cm³/mol. The van der Waals surface area contributed by atoms with E-state index in [2.05, 4.69) is 78.2 Å². The molecule has 8 rings (SSSR count). The highest BCUT2D eigenvalue weighted by atomic mass is 15.0. The second-order valence-electron chi connectivity index (χ2n) is 13.8. The molecule has 8 aliphatic rings. The van der Waals surface area contributed by atoms with Crippen molar-refractivity contribution in [2.24, 2.45) is 64.6 Å². The molecule has 3 fully saturated rings.